The highest BCUT2D eigenvalue weighted by Crippen LogP contribution is 2.25. The highest BCUT2D eigenvalue weighted by molar-refractivity contribution is 6.63. The first kappa shape index (κ1) is 49.1. The summed E-state index contributed by atoms with van der Waals surface area (Å²) < 4.78 is 78.1. The molecular weight excluding hydrogens is 729 g/mol. The summed E-state index contributed by atoms with van der Waals surface area (Å²) in [7, 11) is 6.17. The number of esters is 2. The zero-order valence-electron chi connectivity index (χ0n) is 32.3. The maximum Gasteiger partial charge on any atom is 0.543 e. The van der Waals surface area contributed by atoms with Crippen LogP contribution < -0.4 is 0 Å². The van der Waals surface area contributed by atoms with E-state index in [1.165, 1.54) is 42.7 Å². The van der Waals surface area contributed by atoms with Gasteiger partial charge in [-0.15, -0.1) is 0 Å². The number of hydrogen-bond acceptors (Lipinski definition) is 16. The molecule has 0 aromatic heterocycles. The third kappa shape index (κ3) is 15.6. The van der Waals surface area contributed by atoms with Crippen molar-refractivity contribution in [2.75, 3.05) is 85.3 Å². The molecule has 2 unspecified atom stereocenters. The summed E-state index contributed by atoms with van der Waals surface area (Å²) in [5.41, 5.74) is -1.62. The maximum atomic E-state index is 13.0. The Hall–Kier alpha value is -0.932. The number of carbonyl (C=O) groups excluding carboxylic acids is 2. The van der Waals surface area contributed by atoms with E-state index in [0.717, 1.165) is 50.7 Å². The quantitative estimate of drug-likeness (QED) is 0.0417. The van der Waals surface area contributed by atoms with Crippen LogP contribution in [0.25, 0.3) is 0 Å². The predicted octanol–water partition coefficient (Wildman–Crippen LogP) is 3.86. The van der Waals surface area contributed by atoms with E-state index in [0.29, 0.717) is 37.8 Å². The lowest BCUT2D eigenvalue weighted by atomic mass is 10.1. The molecule has 0 aliphatic heterocycles. The van der Waals surface area contributed by atoms with E-state index in [2.05, 4.69) is 0 Å². The first-order chi connectivity index (χ1) is 23.9. The molecule has 0 saturated heterocycles. The van der Waals surface area contributed by atoms with Gasteiger partial charge in [0, 0.05) is 110 Å². The van der Waals surface area contributed by atoms with Crippen molar-refractivity contribution in [2.24, 2.45) is 0 Å². The Bertz CT molecular complexity index is 826. The molecule has 0 N–H and O–H groups in total. The highest BCUT2D eigenvalue weighted by atomic mass is 28.4. The van der Waals surface area contributed by atoms with Gasteiger partial charge in [-0.1, -0.05) is 25.7 Å². The molecule has 0 spiro atoms. The molecule has 0 fully saturated rings. The van der Waals surface area contributed by atoms with Gasteiger partial charge >= 0.3 is 47.2 Å². The standard InChI is InChI=1S/C30H64O16Si4/c1-33-47(34-2,35-3)25-19-15-13-17-21-29(49(39-7,40-8)41-9)45-27(31)23-24-28(32)46-30(50(42-10,43-11)44-12)22-18-14-16-20-26-48(36-4,37-5)38-6/h23-24,29-30H,13-22,25-26H2,1-12H3. The molecule has 296 valence electrons. The molecule has 0 rings (SSSR count). The van der Waals surface area contributed by atoms with Crippen LogP contribution in [0.3, 0.4) is 0 Å². The van der Waals surface area contributed by atoms with E-state index in [9.17, 15) is 9.59 Å². The van der Waals surface area contributed by atoms with Crippen LogP contribution >= 0.6 is 0 Å². The Labute approximate surface area is 304 Å². The molecule has 16 nitrogen and oxygen atoms in total. The van der Waals surface area contributed by atoms with E-state index in [1.807, 2.05) is 0 Å². The molecule has 20 heteroatoms. The van der Waals surface area contributed by atoms with Crippen molar-refractivity contribution >= 4 is 47.2 Å². The minimum absolute atomic E-state index is 0.421. The Morgan fingerprint density at radius 3 is 0.900 bits per heavy atom. The zero-order valence-corrected chi connectivity index (χ0v) is 36.3. The Morgan fingerprint density at radius 2 is 0.660 bits per heavy atom. The van der Waals surface area contributed by atoms with Gasteiger partial charge < -0.3 is 62.6 Å². The lowest BCUT2D eigenvalue weighted by Crippen LogP contribution is -2.56. The summed E-state index contributed by atoms with van der Waals surface area (Å²) in [6.07, 6.45) is 9.37. The van der Waals surface area contributed by atoms with E-state index in [1.54, 1.807) is 42.7 Å². The van der Waals surface area contributed by atoms with Gasteiger partial charge in [0.2, 0.25) is 0 Å². The summed E-state index contributed by atoms with van der Waals surface area (Å²) >= 11 is 0. The normalized spacial score (nSPS) is 14.2. The van der Waals surface area contributed by atoms with Crippen molar-refractivity contribution in [2.45, 2.75) is 87.8 Å². The van der Waals surface area contributed by atoms with E-state index < -0.39 is 58.6 Å². The van der Waals surface area contributed by atoms with Gasteiger partial charge in [0.15, 0.2) is 11.5 Å². The van der Waals surface area contributed by atoms with Gasteiger partial charge in [0.25, 0.3) is 0 Å². The van der Waals surface area contributed by atoms with Crippen LogP contribution in [0.4, 0.5) is 0 Å². The Kier molecular flexibility index (Phi) is 26.3. The number of hydrogen-bond donors (Lipinski definition) is 0. The summed E-state index contributed by atoms with van der Waals surface area (Å²) in [6.45, 7) is 0. The van der Waals surface area contributed by atoms with Crippen molar-refractivity contribution in [1.29, 1.82) is 0 Å². The number of carbonyl (C=O) groups is 2. The fraction of sp³-hybridized carbons (Fsp3) is 0.867. The van der Waals surface area contributed by atoms with Crippen LogP contribution in [0.5, 0.6) is 0 Å². The van der Waals surface area contributed by atoms with Crippen molar-refractivity contribution in [3.8, 4) is 0 Å². The van der Waals surface area contributed by atoms with Gasteiger partial charge in [-0.2, -0.15) is 0 Å². The second-order valence-corrected chi connectivity index (χ2v) is 23.4. The summed E-state index contributed by atoms with van der Waals surface area (Å²) in [6, 6.07) is 1.37. The summed E-state index contributed by atoms with van der Waals surface area (Å²) in [4.78, 5) is 25.9. The van der Waals surface area contributed by atoms with Crippen LogP contribution in [0.15, 0.2) is 12.2 Å². The molecule has 0 saturated carbocycles. The SMILES string of the molecule is CO[Si](CCCCCCC(OC(=O)C=CC(=O)OC(CCCCCC[Si](OC)(OC)OC)[Si](OC)(OC)OC)[Si](OC)(OC)OC)(OC)OC. The van der Waals surface area contributed by atoms with Crippen LogP contribution in [0.2, 0.25) is 12.1 Å². The molecule has 0 heterocycles. The van der Waals surface area contributed by atoms with Crippen molar-refractivity contribution < 1.29 is 72.2 Å². The maximum absolute atomic E-state index is 13.0. The fourth-order valence-electron chi connectivity index (χ4n) is 5.56. The first-order valence-corrected chi connectivity index (χ1v) is 24.1. The largest absolute Gasteiger partial charge is 0.543 e. The average Bonchev–Trinajstić information content (AvgIpc) is 3.15. The van der Waals surface area contributed by atoms with Crippen LogP contribution in [-0.2, 0) is 72.2 Å². The van der Waals surface area contributed by atoms with Crippen molar-refractivity contribution in [3.63, 3.8) is 0 Å². The molecule has 0 aliphatic rings. The third-order valence-corrected chi connectivity index (χ3v) is 20.1. The Balaban J connectivity index is 5.42. The third-order valence-electron chi connectivity index (χ3n) is 8.63. The van der Waals surface area contributed by atoms with Gasteiger partial charge in [0.1, 0.15) is 0 Å². The zero-order chi connectivity index (χ0) is 38.1. The smallest absolute Gasteiger partial charge is 0.455 e. The van der Waals surface area contributed by atoms with E-state index in [4.69, 9.17) is 62.6 Å². The molecule has 2 atom stereocenters. The minimum Gasteiger partial charge on any atom is -0.455 e. The number of ether oxygens (including phenoxy) is 2. The lowest BCUT2D eigenvalue weighted by Gasteiger charge is -2.32. The molecule has 0 aliphatic carbocycles. The average molecular weight is 793 g/mol. The van der Waals surface area contributed by atoms with Crippen LogP contribution in [0, 0.1) is 0 Å². The van der Waals surface area contributed by atoms with Crippen LogP contribution in [0.1, 0.15) is 64.2 Å². The fourth-order valence-corrected chi connectivity index (χ4v) is 13.4. The van der Waals surface area contributed by atoms with Crippen molar-refractivity contribution in [1.82, 2.24) is 0 Å². The monoisotopic (exact) mass is 792 g/mol. The summed E-state index contributed by atoms with van der Waals surface area (Å²) in [5.74, 6) is -1.56. The van der Waals surface area contributed by atoms with Gasteiger partial charge in [-0.05, 0) is 38.5 Å². The van der Waals surface area contributed by atoms with Crippen LogP contribution in [-0.4, -0.2) is 144 Å². The van der Waals surface area contributed by atoms with Crippen molar-refractivity contribution in [3.05, 3.63) is 12.2 Å². The minimum atomic E-state index is -3.40. The topological polar surface area (TPSA) is 163 Å². The molecule has 0 bridgehead atoms. The molecule has 0 aromatic carbocycles. The van der Waals surface area contributed by atoms with Gasteiger partial charge in [-0.25, -0.2) is 9.59 Å². The second kappa shape index (κ2) is 26.8. The van der Waals surface area contributed by atoms with Gasteiger partial charge in [-0.3, -0.25) is 0 Å². The molecule has 0 amide bonds. The molecular formula is C30H64O16Si4. The lowest BCUT2D eigenvalue weighted by molar-refractivity contribution is -0.145. The van der Waals surface area contributed by atoms with Gasteiger partial charge in [0.05, 0.1) is 0 Å². The predicted molar refractivity (Wildman–Crippen MR) is 192 cm³/mol. The molecule has 0 aromatic rings. The molecule has 0 radical (unpaired) electrons. The Morgan fingerprint density at radius 1 is 0.400 bits per heavy atom. The highest BCUT2D eigenvalue weighted by Gasteiger charge is 2.51. The molecule has 50 heavy (non-hydrogen) atoms. The second-order valence-electron chi connectivity index (χ2n) is 11.1. The van der Waals surface area contributed by atoms with E-state index >= 15 is 0 Å². The first-order valence-electron chi connectivity index (χ1n) is 16.6. The summed E-state index contributed by atoms with van der Waals surface area (Å²) in [5, 5.41) is 0. The van der Waals surface area contributed by atoms with E-state index in [-0.39, 0.29) is 0 Å². The number of unbranched alkanes of at least 4 members (excludes halogenated alkanes) is 6. The number of rotatable bonds is 32.